The van der Waals surface area contributed by atoms with Crippen LogP contribution in [-0.4, -0.2) is 14.1 Å². The van der Waals surface area contributed by atoms with Crippen molar-refractivity contribution in [2.24, 2.45) is 0 Å². The van der Waals surface area contributed by atoms with Gasteiger partial charge in [0.05, 0.1) is 96.9 Å². The molecule has 3 aromatic heterocycles. The van der Waals surface area contributed by atoms with E-state index < -0.39 is 0 Å². The van der Waals surface area contributed by atoms with Crippen LogP contribution in [0.5, 0.6) is 0 Å². The summed E-state index contributed by atoms with van der Waals surface area (Å²) in [6.07, 6.45) is 0. The number of pyridine rings is 1. The molecule has 11 rings (SSSR count). The number of fused-ring (bicyclic) bond motifs is 6. The Morgan fingerprint density at radius 2 is 0.788 bits per heavy atom. The molecule has 0 unspecified atom stereocenters. The minimum absolute atomic E-state index is 0.390. The maximum Gasteiger partial charge on any atom is 0.101 e. The van der Waals surface area contributed by atoms with Crippen LogP contribution < -0.4 is 0 Å². The van der Waals surface area contributed by atoms with E-state index in [1.54, 1.807) is 36.4 Å². The number of para-hydroxylation sites is 2. The van der Waals surface area contributed by atoms with Crippen molar-refractivity contribution in [2.75, 3.05) is 0 Å². The first-order valence-corrected chi connectivity index (χ1v) is 21.1. The normalized spacial score (nSPS) is 11.0. The monoisotopic (exact) mass is 838 g/mol. The highest BCUT2D eigenvalue weighted by atomic mass is 15.0. The number of hydrogen-bond acceptors (Lipinski definition) is 6. The Morgan fingerprint density at radius 1 is 0.318 bits per heavy atom. The van der Waals surface area contributed by atoms with Gasteiger partial charge < -0.3 is 9.13 Å². The van der Waals surface area contributed by atoms with Gasteiger partial charge in [-0.3, -0.25) is 0 Å². The average Bonchev–Trinajstić information content (AvgIpc) is 3.90. The van der Waals surface area contributed by atoms with Crippen molar-refractivity contribution in [3.8, 4) is 86.5 Å². The largest absolute Gasteiger partial charge is 0.308 e. The van der Waals surface area contributed by atoms with Crippen LogP contribution in [0.2, 0.25) is 0 Å². The van der Waals surface area contributed by atoms with E-state index in [9.17, 15) is 26.3 Å². The van der Waals surface area contributed by atoms with Crippen molar-refractivity contribution >= 4 is 43.6 Å². The molecular weight excluding hydrogens is 809 g/mol. The van der Waals surface area contributed by atoms with Crippen LogP contribution in [0.4, 0.5) is 0 Å². The molecule has 0 radical (unpaired) electrons. The summed E-state index contributed by atoms with van der Waals surface area (Å²) in [6, 6.07) is 70.3. The van der Waals surface area contributed by atoms with Crippen LogP contribution in [0, 0.1) is 56.7 Å². The molecule has 0 aliphatic rings. The highest BCUT2D eigenvalue weighted by Gasteiger charge is 2.23. The average molecular weight is 839 g/mol. The van der Waals surface area contributed by atoms with E-state index in [4.69, 9.17) is 4.98 Å². The third-order valence-electron chi connectivity index (χ3n) is 12.2. The van der Waals surface area contributed by atoms with Gasteiger partial charge in [-0.15, -0.1) is 0 Å². The van der Waals surface area contributed by atoms with Crippen molar-refractivity contribution in [3.63, 3.8) is 0 Å². The van der Waals surface area contributed by atoms with Crippen LogP contribution in [0.1, 0.15) is 27.8 Å². The molecule has 0 N–H and O–H groups in total. The summed E-state index contributed by atoms with van der Waals surface area (Å²) >= 11 is 0. The molecule has 11 aromatic rings. The third-order valence-corrected chi connectivity index (χ3v) is 12.2. The highest BCUT2D eigenvalue weighted by molar-refractivity contribution is 6.12. The number of benzene rings is 8. The molecule has 8 nitrogen and oxygen atoms in total. The quantitative estimate of drug-likeness (QED) is 0.163. The maximum atomic E-state index is 11.3. The van der Waals surface area contributed by atoms with Crippen molar-refractivity contribution in [1.82, 2.24) is 14.1 Å². The van der Waals surface area contributed by atoms with Crippen molar-refractivity contribution in [3.05, 3.63) is 210 Å². The second-order valence-corrected chi connectivity index (χ2v) is 16.0. The maximum absolute atomic E-state index is 11.3. The first kappa shape index (κ1) is 38.9. The third kappa shape index (κ3) is 6.38. The summed E-state index contributed by atoms with van der Waals surface area (Å²) in [6.45, 7) is 0. The lowest BCUT2D eigenvalue weighted by molar-refractivity contribution is 1.13. The van der Waals surface area contributed by atoms with Crippen molar-refractivity contribution in [1.29, 1.82) is 26.3 Å². The van der Waals surface area contributed by atoms with Crippen LogP contribution in [0.3, 0.4) is 0 Å². The second-order valence-electron chi connectivity index (χ2n) is 16.0. The van der Waals surface area contributed by atoms with Gasteiger partial charge in [0, 0.05) is 32.7 Å². The summed E-state index contributed by atoms with van der Waals surface area (Å²) < 4.78 is 4.31. The molecule has 66 heavy (non-hydrogen) atoms. The van der Waals surface area contributed by atoms with Crippen LogP contribution in [-0.2, 0) is 0 Å². The Balaban J connectivity index is 1.23. The smallest absolute Gasteiger partial charge is 0.101 e. The highest BCUT2D eigenvalue weighted by Crippen LogP contribution is 2.42. The van der Waals surface area contributed by atoms with Crippen molar-refractivity contribution < 1.29 is 0 Å². The van der Waals surface area contributed by atoms with Gasteiger partial charge in [-0.1, -0.05) is 97.1 Å². The second kappa shape index (κ2) is 15.7. The molecule has 8 aromatic carbocycles. The molecule has 8 heteroatoms. The number of nitriles is 5. The lowest BCUT2D eigenvalue weighted by atomic mass is 9.99. The molecule has 302 valence electrons. The fourth-order valence-electron chi connectivity index (χ4n) is 9.26. The van der Waals surface area contributed by atoms with Gasteiger partial charge in [-0.25, -0.2) is 4.98 Å². The SMILES string of the molecule is N#Cc1cc(C#N)cc(-c2ccc3c4ccccc4n(-c4cc(-c5cccc(-c6ccccc6)n5)c(-n5c6ccccc6c6ccc(-c7cc(C#N)cc(C#N)c7)cc65)cc4C#N)c3c2)c1. The molecule has 0 atom stereocenters. The van der Waals surface area contributed by atoms with Crippen LogP contribution in [0.25, 0.3) is 99.8 Å². The zero-order chi connectivity index (χ0) is 44.9. The first-order valence-electron chi connectivity index (χ1n) is 21.1. The van der Waals surface area contributed by atoms with Gasteiger partial charge in [0.15, 0.2) is 0 Å². The number of hydrogen-bond donors (Lipinski definition) is 0. The molecule has 0 spiro atoms. The fraction of sp³-hybridized carbons (Fsp3) is 0. The van der Waals surface area contributed by atoms with Gasteiger partial charge in [-0.05, 0) is 107 Å². The van der Waals surface area contributed by atoms with E-state index in [0.717, 1.165) is 88.4 Å². The Kier molecular flexibility index (Phi) is 9.24. The summed E-state index contributed by atoms with van der Waals surface area (Å²) in [7, 11) is 0. The van der Waals surface area contributed by atoms with Gasteiger partial charge in [0.25, 0.3) is 0 Å². The molecule has 0 saturated heterocycles. The molecule has 0 bridgehead atoms. The minimum atomic E-state index is 0.390. The zero-order valence-electron chi connectivity index (χ0n) is 34.9. The number of aromatic nitrogens is 3. The van der Waals surface area contributed by atoms with E-state index in [1.165, 1.54) is 0 Å². The first-order chi connectivity index (χ1) is 32.5. The van der Waals surface area contributed by atoms with E-state index in [-0.39, 0.29) is 0 Å². The zero-order valence-corrected chi connectivity index (χ0v) is 34.9. The van der Waals surface area contributed by atoms with Gasteiger partial charge in [-0.2, -0.15) is 26.3 Å². The van der Waals surface area contributed by atoms with E-state index in [1.807, 2.05) is 91.0 Å². The predicted octanol–water partition coefficient (Wildman–Crippen LogP) is 13.3. The Labute approximate surface area is 378 Å². The Hall–Kier alpha value is -10.0. The fourth-order valence-corrected chi connectivity index (χ4v) is 9.26. The number of rotatable bonds is 6. The molecule has 0 amide bonds. The van der Waals surface area contributed by atoms with Gasteiger partial charge in [0.2, 0.25) is 0 Å². The lowest BCUT2D eigenvalue weighted by Crippen LogP contribution is -2.05. The standard InChI is InChI=1S/C58H30N8/c59-31-36-21-37(32-60)24-43(23-36)41-17-19-48-46-11-4-6-15-53(46)65(56(48)27-41)55-30-50(52-14-8-13-51(64-52)40-9-2-1-3-10-40)58(29-45(55)35-63)66-54-16-7-5-12-47(54)49-20-18-42(28-57(49)66)44-25-38(33-61)22-39(26-44)34-62/h1-30H. The summed E-state index contributed by atoms with van der Waals surface area (Å²) in [4.78, 5) is 5.32. The Bertz CT molecular complexity index is 4000. The summed E-state index contributed by atoms with van der Waals surface area (Å²) in [5, 5.41) is 54.7. The van der Waals surface area contributed by atoms with Gasteiger partial charge >= 0.3 is 0 Å². The molecule has 0 aliphatic carbocycles. The molecule has 0 aliphatic heterocycles. The van der Waals surface area contributed by atoms with E-state index in [2.05, 4.69) is 94.1 Å². The molecular formula is C58H30N8. The number of nitrogens with zero attached hydrogens (tertiary/aromatic N) is 8. The minimum Gasteiger partial charge on any atom is -0.308 e. The van der Waals surface area contributed by atoms with Crippen LogP contribution in [0.15, 0.2) is 182 Å². The van der Waals surface area contributed by atoms with E-state index >= 15 is 0 Å². The molecule has 3 heterocycles. The topological polar surface area (TPSA) is 142 Å². The summed E-state index contributed by atoms with van der Waals surface area (Å²) in [5.74, 6) is 0. The van der Waals surface area contributed by atoms with Crippen LogP contribution >= 0.6 is 0 Å². The van der Waals surface area contributed by atoms with E-state index in [0.29, 0.717) is 39.2 Å². The van der Waals surface area contributed by atoms with Crippen molar-refractivity contribution in [2.45, 2.75) is 0 Å². The Morgan fingerprint density at radius 3 is 1.30 bits per heavy atom. The molecule has 0 saturated carbocycles. The summed E-state index contributed by atoms with van der Waals surface area (Å²) in [5.41, 5.74) is 13.2. The lowest BCUT2D eigenvalue weighted by Gasteiger charge is -2.19. The van der Waals surface area contributed by atoms with Gasteiger partial charge in [0.1, 0.15) is 6.07 Å². The predicted molar refractivity (Wildman–Crippen MR) is 258 cm³/mol. The molecule has 0 fully saturated rings.